The highest BCUT2D eigenvalue weighted by molar-refractivity contribution is 7.81. The van der Waals surface area contributed by atoms with Crippen LogP contribution >= 0.6 is 0 Å². The third-order valence-electron chi connectivity index (χ3n) is 6.38. The number of rotatable bonds is 10. The smallest absolute Gasteiger partial charge is 0.421 e. The predicted molar refractivity (Wildman–Crippen MR) is 143 cm³/mol. The van der Waals surface area contributed by atoms with Crippen molar-refractivity contribution in [1.82, 2.24) is 20.2 Å². The second-order valence-corrected chi connectivity index (χ2v) is 12.6. The van der Waals surface area contributed by atoms with Crippen molar-refractivity contribution in [2.75, 3.05) is 39.4 Å². The number of likely N-dealkylation sites (tertiary alicyclic amines) is 1. The fraction of sp³-hybridized carbons (Fsp3) is 0.840. The zero-order valence-electron chi connectivity index (χ0n) is 24.6. The van der Waals surface area contributed by atoms with E-state index in [1.54, 1.807) is 39.5 Å². The van der Waals surface area contributed by atoms with Crippen molar-refractivity contribution in [3.05, 3.63) is 0 Å². The molecule has 2 heterocycles. The molecule has 4 amide bonds. The summed E-state index contributed by atoms with van der Waals surface area (Å²) in [5.74, 6) is -0.999. The van der Waals surface area contributed by atoms with Crippen LogP contribution in [0.2, 0.25) is 0 Å². The number of hydrogen-bond acceptors (Lipinski definition) is 10. The van der Waals surface area contributed by atoms with Crippen molar-refractivity contribution in [1.29, 1.82) is 0 Å². The highest BCUT2D eigenvalue weighted by Crippen LogP contribution is 2.23. The zero-order valence-corrected chi connectivity index (χ0v) is 25.4. The summed E-state index contributed by atoms with van der Waals surface area (Å²) in [5.41, 5.74) is -1.86. The number of ether oxygens (including phenoxy) is 2. The highest BCUT2D eigenvalue weighted by atomic mass is 32.3. The summed E-state index contributed by atoms with van der Waals surface area (Å²) in [6.07, 6.45) is 1.25. The maximum Gasteiger partial charge on any atom is 0.421 e. The summed E-state index contributed by atoms with van der Waals surface area (Å²) in [4.78, 5) is 53.6. The molecule has 2 rings (SSSR count). The number of nitrogens with one attached hydrogen (secondary N) is 1. The van der Waals surface area contributed by atoms with Crippen LogP contribution in [0.4, 0.5) is 9.59 Å². The van der Waals surface area contributed by atoms with Crippen LogP contribution in [0.15, 0.2) is 0 Å². The number of hydroxylamine groups is 2. The Bertz CT molecular complexity index is 1020. The Hall–Kier alpha value is -2.65. The summed E-state index contributed by atoms with van der Waals surface area (Å²) in [6, 6.07) is -1.81. The van der Waals surface area contributed by atoms with Crippen molar-refractivity contribution in [3.63, 3.8) is 0 Å². The van der Waals surface area contributed by atoms with Crippen LogP contribution in [0.3, 0.4) is 0 Å². The lowest BCUT2D eigenvalue weighted by atomic mass is 9.95. The molecule has 1 atom stereocenters. The van der Waals surface area contributed by atoms with Crippen LogP contribution in [0.1, 0.15) is 74.1 Å². The Kier molecular flexibility index (Phi) is 11.6. The molecule has 2 aliphatic heterocycles. The average molecular weight is 593 g/mol. The van der Waals surface area contributed by atoms with Crippen molar-refractivity contribution in [2.45, 2.75) is 91.8 Å². The number of amides is 4. The molecule has 2 fully saturated rings. The molecule has 14 nitrogen and oxygen atoms in total. The highest BCUT2D eigenvalue weighted by Gasteiger charge is 2.39. The molecule has 0 saturated carbocycles. The molecule has 0 aromatic carbocycles. The molecule has 230 valence electrons. The van der Waals surface area contributed by atoms with E-state index < -0.39 is 52.2 Å². The van der Waals surface area contributed by atoms with Gasteiger partial charge in [-0.15, -0.1) is 4.28 Å². The molecular formula is C25H44N4O10S. The third-order valence-corrected chi connectivity index (χ3v) is 7.15. The van der Waals surface area contributed by atoms with Crippen LogP contribution in [0.25, 0.3) is 0 Å². The van der Waals surface area contributed by atoms with E-state index in [-0.39, 0.29) is 31.6 Å². The average Bonchev–Trinajstić information content (AvgIpc) is 3.00. The predicted octanol–water partition coefficient (Wildman–Crippen LogP) is 2.19. The maximum absolute atomic E-state index is 13.2. The first kappa shape index (κ1) is 33.6. The zero-order chi connectivity index (χ0) is 30.3. The number of piperidine rings is 1. The van der Waals surface area contributed by atoms with E-state index in [0.717, 1.165) is 0 Å². The second kappa shape index (κ2) is 13.8. The standard InChI is InChI=1S/C25H44N4O10S/c1-8-28-19(20(30)26-18-12-15-27(16-13-18)23(33)38-24(3,4)5)11-10-14-29(22(28)32)39-40(34,35)37-17-25(6,7)21(31)36-9-2/h18-19H,8-17H2,1-7H3,(H,26,30)/t19-/m0/s1. The van der Waals surface area contributed by atoms with E-state index in [4.69, 9.17) is 17.9 Å². The quantitative estimate of drug-likeness (QED) is 0.372. The summed E-state index contributed by atoms with van der Waals surface area (Å²) < 4.78 is 45.1. The van der Waals surface area contributed by atoms with E-state index >= 15 is 0 Å². The van der Waals surface area contributed by atoms with Gasteiger partial charge in [0.25, 0.3) is 0 Å². The number of nitrogens with zero attached hydrogens (tertiary/aromatic N) is 3. The fourth-order valence-corrected chi connectivity index (χ4v) is 5.06. The minimum Gasteiger partial charge on any atom is -0.466 e. The molecule has 0 unspecified atom stereocenters. The molecular weight excluding hydrogens is 548 g/mol. The molecule has 0 aromatic heterocycles. The SMILES string of the molecule is CCOC(=O)C(C)(C)COS(=O)(=O)ON1CCC[C@@H](C(=O)NC2CCN(C(=O)OC(C)(C)C)CC2)N(CC)C1=O. The summed E-state index contributed by atoms with van der Waals surface area (Å²) in [7, 11) is -4.70. The molecule has 40 heavy (non-hydrogen) atoms. The fourth-order valence-electron chi connectivity index (χ4n) is 4.22. The maximum atomic E-state index is 13.2. The number of likely N-dealkylation sites (N-methyl/N-ethyl adjacent to an activating group) is 1. The normalized spacial score (nSPS) is 19.7. The second-order valence-electron chi connectivity index (χ2n) is 11.4. The van der Waals surface area contributed by atoms with E-state index in [0.29, 0.717) is 43.8 Å². The topological polar surface area (TPSA) is 161 Å². The largest absolute Gasteiger partial charge is 0.466 e. The monoisotopic (exact) mass is 592 g/mol. The Morgan fingerprint density at radius 2 is 1.62 bits per heavy atom. The van der Waals surface area contributed by atoms with Crippen LogP contribution in [0, 0.1) is 5.41 Å². The Labute approximate surface area is 236 Å². The number of urea groups is 1. The number of hydrogen-bond donors (Lipinski definition) is 1. The van der Waals surface area contributed by atoms with Crippen molar-refractivity contribution in [2.24, 2.45) is 5.41 Å². The van der Waals surface area contributed by atoms with E-state index in [1.165, 1.54) is 18.7 Å². The van der Waals surface area contributed by atoms with Crippen molar-refractivity contribution >= 4 is 34.4 Å². The van der Waals surface area contributed by atoms with Gasteiger partial charge in [0.1, 0.15) is 11.6 Å². The molecule has 15 heteroatoms. The number of esters is 1. The van der Waals surface area contributed by atoms with Gasteiger partial charge in [0, 0.05) is 25.7 Å². The minimum atomic E-state index is -4.70. The van der Waals surface area contributed by atoms with Gasteiger partial charge < -0.3 is 24.6 Å². The summed E-state index contributed by atoms with van der Waals surface area (Å²) >= 11 is 0. The Morgan fingerprint density at radius 3 is 2.17 bits per heavy atom. The van der Waals surface area contributed by atoms with Gasteiger partial charge in [0.2, 0.25) is 5.91 Å². The van der Waals surface area contributed by atoms with Gasteiger partial charge in [-0.05, 0) is 74.1 Å². The first-order valence-corrected chi connectivity index (χ1v) is 15.0. The van der Waals surface area contributed by atoms with Crippen LogP contribution < -0.4 is 5.32 Å². The van der Waals surface area contributed by atoms with Crippen LogP contribution in [-0.2, 0) is 37.9 Å². The molecule has 0 spiro atoms. The van der Waals surface area contributed by atoms with Crippen LogP contribution in [0.5, 0.6) is 0 Å². The molecule has 2 aliphatic rings. The Morgan fingerprint density at radius 1 is 1.00 bits per heavy atom. The molecule has 0 radical (unpaired) electrons. The van der Waals surface area contributed by atoms with Gasteiger partial charge in [-0.1, -0.05) is 0 Å². The van der Waals surface area contributed by atoms with Gasteiger partial charge in [0.15, 0.2) is 0 Å². The van der Waals surface area contributed by atoms with Crippen molar-refractivity contribution in [3.8, 4) is 0 Å². The minimum absolute atomic E-state index is 0.0861. The van der Waals surface area contributed by atoms with Crippen LogP contribution in [-0.4, -0.2) is 104 Å². The van der Waals surface area contributed by atoms with E-state index in [9.17, 15) is 27.6 Å². The Balaban J connectivity index is 1.96. The molecule has 0 aromatic rings. The first-order chi connectivity index (χ1) is 18.5. The number of carbonyl (C=O) groups is 4. The molecule has 0 aliphatic carbocycles. The third kappa shape index (κ3) is 9.77. The summed E-state index contributed by atoms with van der Waals surface area (Å²) in [5, 5.41) is 3.63. The van der Waals surface area contributed by atoms with E-state index in [2.05, 4.69) is 5.32 Å². The van der Waals surface area contributed by atoms with Gasteiger partial charge in [-0.25, -0.2) is 13.8 Å². The lowest BCUT2D eigenvalue weighted by molar-refractivity contribution is -0.155. The number of carbonyl (C=O) groups excluding carboxylic acids is 4. The van der Waals surface area contributed by atoms with Gasteiger partial charge in [0.05, 0.1) is 25.2 Å². The summed E-state index contributed by atoms with van der Waals surface area (Å²) in [6.45, 7) is 12.1. The van der Waals surface area contributed by atoms with Gasteiger partial charge in [-0.2, -0.15) is 13.5 Å². The van der Waals surface area contributed by atoms with E-state index in [1.807, 2.05) is 0 Å². The first-order valence-electron chi connectivity index (χ1n) is 13.6. The lowest BCUT2D eigenvalue weighted by Crippen LogP contribution is -2.55. The lowest BCUT2D eigenvalue weighted by Gasteiger charge is -2.35. The van der Waals surface area contributed by atoms with Gasteiger partial charge in [-0.3, -0.25) is 9.59 Å². The molecule has 0 bridgehead atoms. The van der Waals surface area contributed by atoms with Gasteiger partial charge >= 0.3 is 28.5 Å². The van der Waals surface area contributed by atoms with Crippen molar-refractivity contribution < 1.29 is 45.5 Å². The molecule has 1 N–H and O–H groups in total. The molecule has 2 saturated heterocycles.